The van der Waals surface area contributed by atoms with E-state index in [4.69, 9.17) is 9.47 Å². The lowest BCUT2D eigenvalue weighted by Gasteiger charge is -2.30. The predicted octanol–water partition coefficient (Wildman–Crippen LogP) is 3.64. The van der Waals surface area contributed by atoms with Crippen LogP contribution in [0.15, 0.2) is 30.4 Å². The molecule has 5 atom stereocenters. The van der Waals surface area contributed by atoms with E-state index < -0.39 is 81.0 Å². The summed E-state index contributed by atoms with van der Waals surface area (Å²) in [5.74, 6) is -3.68. The van der Waals surface area contributed by atoms with E-state index >= 15 is 0 Å². The Labute approximate surface area is 304 Å². The molecule has 0 bridgehead atoms. The number of carbonyl (C=O) groups excluding carboxylic acids is 5. The highest BCUT2D eigenvalue weighted by atomic mass is 32.2. The molecule has 5 amide bonds. The number of rotatable bonds is 6. The molecule has 1 aliphatic carbocycles. The van der Waals surface area contributed by atoms with Crippen LogP contribution >= 0.6 is 0 Å². The van der Waals surface area contributed by atoms with Crippen molar-refractivity contribution in [1.29, 1.82) is 0 Å². The molecular formula is C36H50FN5O9S. The lowest BCUT2D eigenvalue weighted by atomic mass is 10.0. The highest BCUT2D eigenvalue weighted by Gasteiger charge is 2.61. The van der Waals surface area contributed by atoms with E-state index in [2.05, 4.69) is 15.4 Å². The number of halogens is 1. The number of carbonyl (C=O) groups is 5. The van der Waals surface area contributed by atoms with Gasteiger partial charge in [-0.3, -0.25) is 24.0 Å². The summed E-state index contributed by atoms with van der Waals surface area (Å²) < 4.78 is 53.4. The number of alkyl carbamates (subject to hydrolysis) is 1. The van der Waals surface area contributed by atoms with E-state index in [9.17, 15) is 36.8 Å². The van der Waals surface area contributed by atoms with Crippen molar-refractivity contribution < 1.29 is 46.3 Å². The first-order chi connectivity index (χ1) is 24.4. The van der Waals surface area contributed by atoms with Gasteiger partial charge in [-0.05, 0) is 64.0 Å². The molecule has 1 aromatic rings. The van der Waals surface area contributed by atoms with Crippen LogP contribution in [0, 0.1) is 17.7 Å². The van der Waals surface area contributed by atoms with Gasteiger partial charge in [-0.25, -0.2) is 22.4 Å². The number of amides is 5. The number of sulfonamides is 1. The van der Waals surface area contributed by atoms with Crippen molar-refractivity contribution in [2.24, 2.45) is 11.8 Å². The van der Waals surface area contributed by atoms with Crippen molar-refractivity contribution in [1.82, 2.24) is 25.2 Å². The molecule has 1 saturated heterocycles. The molecule has 52 heavy (non-hydrogen) atoms. The zero-order valence-corrected chi connectivity index (χ0v) is 31.2. The maximum Gasteiger partial charge on any atom is 0.410 e. The minimum absolute atomic E-state index is 0.00570. The maximum absolute atomic E-state index is 14.4. The highest BCUT2D eigenvalue weighted by Crippen LogP contribution is 2.46. The van der Waals surface area contributed by atoms with E-state index in [-0.39, 0.29) is 50.6 Å². The van der Waals surface area contributed by atoms with Crippen LogP contribution in [0.3, 0.4) is 0 Å². The number of fused-ring (bicyclic) bond motifs is 3. The summed E-state index contributed by atoms with van der Waals surface area (Å²) in [7, 11) is -4.01. The van der Waals surface area contributed by atoms with Gasteiger partial charge in [-0.2, -0.15) is 0 Å². The second-order valence-electron chi connectivity index (χ2n) is 15.6. The van der Waals surface area contributed by atoms with Crippen molar-refractivity contribution in [3.63, 3.8) is 0 Å². The Morgan fingerprint density at radius 1 is 1.12 bits per heavy atom. The monoisotopic (exact) mass is 747 g/mol. The summed E-state index contributed by atoms with van der Waals surface area (Å²) in [6, 6.07) is 2.27. The van der Waals surface area contributed by atoms with Gasteiger partial charge in [-0.15, -0.1) is 0 Å². The van der Waals surface area contributed by atoms with E-state index in [0.717, 1.165) is 6.42 Å². The topological polar surface area (TPSA) is 181 Å². The lowest BCUT2D eigenvalue weighted by Crippen LogP contribution is -2.58. The number of ether oxygens (including phenoxy) is 2. The van der Waals surface area contributed by atoms with Crippen molar-refractivity contribution in [2.75, 3.05) is 12.3 Å². The Kier molecular flexibility index (Phi) is 11.6. The Morgan fingerprint density at radius 2 is 1.87 bits per heavy atom. The molecule has 4 aliphatic rings. The summed E-state index contributed by atoms with van der Waals surface area (Å²) in [5, 5.41) is 5.44. The van der Waals surface area contributed by atoms with Crippen LogP contribution < -0.4 is 15.4 Å². The van der Waals surface area contributed by atoms with Crippen molar-refractivity contribution >= 4 is 39.9 Å². The van der Waals surface area contributed by atoms with Gasteiger partial charge >= 0.3 is 12.2 Å². The first-order valence-electron chi connectivity index (χ1n) is 17.9. The Hall–Kier alpha value is -4.21. The standard InChI is InChI=1S/C36H50FN5O9S/c1-22(2)21-52(48,49)40-32(45)36-17-24(36)13-9-7-6-8-10-15-28(38-33(46)51-35(3,4)5)31(44)42-19-25(16-29(42)30(43)39-36)50-34(47)41-18-23-12-11-14-27(37)26(23)20-41/h9,11-14,22,24-25,28-29H,6-8,10,15-21H2,1-5H3,(H,38,46)(H,39,43)(H,40,45)/b13-9-/t24-,25-,28+,29+,36-/m1/s1. The van der Waals surface area contributed by atoms with Gasteiger partial charge in [0.1, 0.15) is 35.1 Å². The molecule has 1 aromatic carbocycles. The van der Waals surface area contributed by atoms with Crippen LogP contribution in [-0.4, -0.2) is 89.8 Å². The number of hydrogen-bond donors (Lipinski definition) is 3. The summed E-state index contributed by atoms with van der Waals surface area (Å²) in [6.07, 6.45) is 4.12. The molecule has 0 unspecified atom stereocenters. The average molecular weight is 748 g/mol. The van der Waals surface area contributed by atoms with Gasteiger partial charge in [0, 0.05) is 24.4 Å². The zero-order chi connectivity index (χ0) is 38.0. The van der Waals surface area contributed by atoms with Crippen molar-refractivity contribution in [2.45, 2.75) is 122 Å². The predicted molar refractivity (Wildman–Crippen MR) is 187 cm³/mol. The van der Waals surface area contributed by atoms with E-state index in [1.807, 2.05) is 6.08 Å². The van der Waals surface area contributed by atoms with Gasteiger partial charge in [0.15, 0.2) is 0 Å². The summed E-state index contributed by atoms with van der Waals surface area (Å²) in [5.41, 5.74) is -1.39. The SMILES string of the molecule is CC(C)CS(=O)(=O)NC(=O)[C@@]12C[C@H]1/C=C\CCCCC[C@H](NC(=O)OC(C)(C)C)C(=O)N1C[C@H](OC(=O)N3Cc4cccc(F)c4C3)C[C@H]1C(=O)N2. The molecule has 3 heterocycles. The fraction of sp³-hybridized carbons (Fsp3) is 0.639. The molecule has 0 aromatic heterocycles. The molecule has 14 nitrogen and oxygen atoms in total. The molecule has 2 fully saturated rings. The molecule has 1 saturated carbocycles. The zero-order valence-electron chi connectivity index (χ0n) is 30.4. The second kappa shape index (κ2) is 15.4. The first kappa shape index (κ1) is 39.0. The van der Waals surface area contributed by atoms with Crippen LogP contribution in [0.4, 0.5) is 14.0 Å². The normalized spacial score (nSPS) is 27.3. The van der Waals surface area contributed by atoms with Crippen LogP contribution in [0.1, 0.15) is 90.7 Å². The van der Waals surface area contributed by atoms with E-state index in [1.165, 1.54) is 15.9 Å². The smallest absolute Gasteiger partial charge is 0.410 e. The molecule has 0 spiro atoms. The van der Waals surface area contributed by atoms with Crippen molar-refractivity contribution in [3.05, 3.63) is 47.3 Å². The van der Waals surface area contributed by atoms with E-state index in [1.54, 1.807) is 52.8 Å². The molecule has 286 valence electrons. The number of allylic oxidation sites excluding steroid dienone is 1. The molecule has 0 radical (unpaired) electrons. The summed E-state index contributed by atoms with van der Waals surface area (Å²) in [4.78, 5) is 70.9. The van der Waals surface area contributed by atoms with Gasteiger partial charge in [0.2, 0.25) is 21.8 Å². The van der Waals surface area contributed by atoms with Gasteiger partial charge < -0.3 is 25.0 Å². The van der Waals surface area contributed by atoms with Crippen molar-refractivity contribution in [3.8, 4) is 0 Å². The minimum Gasteiger partial charge on any atom is -0.444 e. The first-order valence-corrected chi connectivity index (χ1v) is 19.6. The fourth-order valence-corrected chi connectivity index (χ4v) is 8.48. The minimum atomic E-state index is -4.01. The average Bonchev–Trinajstić information content (AvgIpc) is 3.33. The molecular weight excluding hydrogens is 697 g/mol. The lowest BCUT2D eigenvalue weighted by molar-refractivity contribution is -0.141. The van der Waals surface area contributed by atoms with Crippen LogP contribution in [0.25, 0.3) is 0 Å². The fourth-order valence-electron chi connectivity index (χ4n) is 7.06. The van der Waals surface area contributed by atoms with Crippen LogP contribution in [0.2, 0.25) is 0 Å². The third-order valence-corrected chi connectivity index (χ3v) is 11.2. The van der Waals surface area contributed by atoms with Crippen LogP contribution in [0.5, 0.6) is 0 Å². The molecule has 3 N–H and O–H groups in total. The third-order valence-electron chi connectivity index (χ3n) is 9.59. The quantitative estimate of drug-likeness (QED) is 0.367. The Balaban J connectivity index is 1.41. The van der Waals surface area contributed by atoms with E-state index in [0.29, 0.717) is 30.4 Å². The molecule has 3 aliphatic heterocycles. The molecule has 5 rings (SSSR count). The number of nitrogens with one attached hydrogen (secondary N) is 3. The number of nitrogens with zero attached hydrogens (tertiary/aromatic N) is 2. The summed E-state index contributed by atoms with van der Waals surface area (Å²) in [6.45, 7) is 8.40. The largest absolute Gasteiger partial charge is 0.444 e. The molecule has 16 heteroatoms. The second-order valence-corrected chi connectivity index (χ2v) is 17.4. The Bertz CT molecular complexity index is 1710. The summed E-state index contributed by atoms with van der Waals surface area (Å²) >= 11 is 0. The Morgan fingerprint density at radius 3 is 2.56 bits per heavy atom. The highest BCUT2D eigenvalue weighted by molar-refractivity contribution is 7.90. The van der Waals surface area contributed by atoms with Gasteiger partial charge in [0.25, 0.3) is 5.91 Å². The number of benzene rings is 1. The maximum atomic E-state index is 14.4. The number of hydrogen-bond acceptors (Lipinski definition) is 9. The van der Waals surface area contributed by atoms with Gasteiger partial charge in [0.05, 0.1) is 18.8 Å². The van der Waals surface area contributed by atoms with Gasteiger partial charge in [-0.1, -0.05) is 51.0 Å². The van der Waals surface area contributed by atoms with Crippen LogP contribution in [-0.2, 0) is 47.0 Å². The third kappa shape index (κ3) is 9.41.